The van der Waals surface area contributed by atoms with E-state index in [0.717, 1.165) is 29.5 Å². The molecule has 2 aliphatic rings. The third-order valence-corrected chi connectivity index (χ3v) is 7.08. The zero-order valence-corrected chi connectivity index (χ0v) is 19.8. The minimum Gasteiger partial charge on any atom is -0.342 e. The molecule has 3 aromatic rings. The molecule has 1 aliphatic carbocycles. The summed E-state index contributed by atoms with van der Waals surface area (Å²) in [6, 6.07) is 19.6. The number of fused-ring (bicyclic) bond motifs is 1. The molecule has 2 amide bonds. The van der Waals surface area contributed by atoms with Crippen molar-refractivity contribution in [2.24, 2.45) is 11.8 Å². The van der Waals surface area contributed by atoms with Gasteiger partial charge in [0.05, 0.1) is 0 Å². The van der Waals surface area contributed by atoms with E-state index in [-0.39, 0.29) is 17.7 Å². The van der Waals surface area contributed by atoms with Crippen molar-refractivity contribution < 1.29 is 9.59 Å². The summed E-state index contributed by atoms with van der Waals surface area (Å²) in [5, 5.41) is 3.11. The molecule has 5 rings (SSSR count). The van der Waals surface area contributed by atoms with Crippen LogP contribution in [0.5, 0.6) is 0 Å². The topological polar surface area (TPSA) is 62.3 Å². The summed E-state index contributed by atoms with van der Waals surface area (Å²) in [7, 11) is 0. The Labute approximate surface area is 201 Å². The quantitative estimate of drug-likeness (QED) is 0.602. The second kappa shape index (κ2) is 9.41. The van der Waals surface area contributed by atoms with E-state index in [1.807, 2.05) is 35.4 Å². The highest BCUT2D eigenvalue weighted by molar-refractivity contribution is 5.97. The predicted molar refractivity (Wildman–Crippen MR) is 133 cm³/mol. The number of rotatable bonds is 6. The summed E-state index contributed by atoms with van der Waals surface area (Å²) in [4.78, 5) is 33.1. The molecule has 1 aliphatic heterocycles. The Hall–Kier alpha value is -3.47. The van der Waals surface area contributed by atoms with Crippen molar-refractivity contribution in [3.8, 4) is 11.1 Å². The van der Waals surface area contributed by atoms with Crippen molar-refractivity contribution in [1.82, 2.24) is 15.2 Å². The van der Waals surface area contributed by atoms with Gasteiger partial charge < -0.3 is 10.2 Å². The Morgan fingerprint density at radius 1 is 0.941 bits per heavy atom. The molecule has 0 spiro atoms. The van der Waals surface area contributed by atoms with Crippen molar-refractivity contribution in [1.29, 1.82) is 0 Å². The average molecular weight is 454 g/mol. The van der Waals surface area contributed by atoms with Crippen LogP contribution in [0.1, 0.15) is 37.0 Å². The van der Waals surface area contributed by atoms with Crippen molar-refractivity contribution >= 4 is 11.8 Å². The maximum Gasteiger partial charge on any atom is 0.246 e. The van der Waals surface area contributed by atoms with E-state index in [9.17, 15) is 9.59 Å². The van der Waals surface area contributed by atoms with Crippen LogP contribution in [-0.4, -0.2) is 33.8 Å². The third-order valence-electron chi connectivity index (χ3n) is 7.08. The third kappa shape index (κ3) is 4.47. The maximum absolute atomic E-state index is 13.8. The first-order valence-electron chi connectivity index (χ1n) is 12.2. The number of benzene rings is 2. The molecule has 5 heteroatoms. The lowest BCUT2D eigenvalue weighted by Crippen LogP contribution is -2.65. The highest BCUT2D eigenvalue weighted by Crippen LogP contribution is 2.32. The number of hydrogen-bond acceptors (Lipinski definition) is 3. The van der Waals surface area contributed by atoms with Gasteiger partial charge in [0, 0.05) is 18.9 Å². The zero-order chi connectivity index (χ0) is 23.7. The summed E-state index contributed by atoms with van der Waals surface area (Å²) in [6.45, 7) is 4.63. The van der Waals surface area contributed by atoms with Gasteiger partial charge in [0.1, 0.15) is 12.1 Å². The summed E-state index contributed by atoms with van der Waals surface area (Å²) in [5.41, 5.74) is 5.74. The number of hydrogen-bond donors (Lipinski definition) is 1. The first-order chi connectivity index (χ1) is 16.5. The molecule has 0 radical (unpaired) electrons. The summed E-state index contributed by atoms with van der Waals surface area (Å²) in [5.74, 6) is 0.427. The minimum absolute atomic E-state index is 0.0266. The fraction of sp³-hybridized carbons (Fsp3) is 0.345. The number of pyridine rings is 1. The standard InChI is InChI=1S/C29H31N3O2/c1-19(2)14-26-28(33)31-27(25-15-22-6-3-4-7-23(22)16-25)29(34)32(26)18-20-9-11-21(12-10-20)24-8-5-13-30-17-24/h3-13,17,19,25-27H,14-16,18H2,1-2H3,(H,31,33)/t26-,27-/m1/s1. The molecule has 1 aromatic heterocycles. The molecular weight excluding hydrogens is 422 g/mol. The van der Waals surface area contributed by atoms with Gasteiger partial charge in [0.2, 0.25) is 11.8 Å². The van der Waals surface area contributed by atoms with E-state index in [2.05, 4.69) is 60.5 Å². The monoisotopic (exact) mass is 453 g/mol. The van der Waals surface area contributed by atoms with Crippen molar-refractivity contribution in [3.05, 3.63) is 89.7 Å². The Morgan fingerprint density at radius 3 is 2.26 bits per heavy atom. The van der Waals surface area contributed by atoms with Gasteiger partial charge >= 0.3 is 0 Å². The van der Waals surface area contributed by atoms with Crippen LogP contribution in [0, 0.1) is 11.8 Å². The number of carbonyl (C=O) groups is 2. The molecule has 1 N–H and O–H groups in total. The molecule has 2 atom stereocenters. The van der Waals surface area contributed by atoms with Crippen LogP contribution in [0.2, 0.25) is 0 Å². The van der Waals surface area contributed by atoms with E-state index in [1.165, 1.54) is 11.1 Å². The molecule has 0 unspecified atom stereocenters. The Morgan fingerprint density at radius 2 is 1.65 bits per heavy atom. The molecule has 2 aromatic carbocycles. The number of nitrogens with zero attached hydrogens (tertiary/aromatic N) is 2. The lowest BCUT2D eigenvalue weighted by atomic mass is 9.90. The first-order valence-corrected chi connectivity index (χ1v) is 12.2. The summed E-state index contributed by atoms with van der Waals surface area (Å²) < 4.78 is 0. The number of amides is 2. The van der Waals surface area contributed by atoms with Crippen LogP contribution in [-0.2, 0) is 29.0 Å². The fourth-order valence-corrected chi connectivity index (χ4v) is 5.33. The van der Waals surface area contributed by atoms with Crippen LogP contribution >= 0.6 is 0 Å². The minimum atomic E-state index is -0.474. The van der Waals surface area contributed by atoms with Crippen molar-refractivity contribution in [2.75, 3.05) is 0 Å². The molecule has 34 heavy (non-hydrogen) atoms. The van der Waals surface area contributed by atoms with E-state index < -0.39 is 12.1 Å². The van der Waals surface area contributed by atoms with Gasteiger partial charge in [0.15, 0.2) is 0 Å². The maximum atomic E-state index is 13.8. The predicted octanol–water partition coefficient (Wildman–Crippen LogP) is 4.41. The molecule has 0 bridgehead atoms. The van der Waals surface area contributed by atoms with Crippen LogP contribution in [0.15, 0.2) is 73.1 Å². The van der Waals surface area contributed by atoms with E-state index in [0.29, 0.717) is 18.9 Å². The van der Waals surface area contributed by atoms with Crippen molar-refractivity contribution in [3.63, 3.8) is 0 Å². The normalized spacial score (nSPS) is 20.5. The zero-order valence-electron chi connectivity index (χ0n) is 19.8. The lowest BCUT2D eigenvalue weighted by Gasteiger charge is -2.41. The fourth-order valence-electron chi connectivity index (χ4n) is 5.33. The Balaban J connectivity index is 1.38. The van der Waals surface area contributed by atoms with Gasteiger partial charge in [-0.3, -0.25) is 14.6 Å². The van der Waals surface area contributed by atoms with Crippen LogP contribution in [0.4, 0.5) is 0 Å². The first kappa shape index (κ1) is 22.3. The molecule has 1 fully saturated rings. The SMILES string of the molecule is CC(C)C[C@@H]1C(=O)N[C@H](C2Cc3ccccc3C2)C(=O)N1Cc1ccc(-c2cccnc2)cc1. The molecule has 2 heterocycles. The number of piperazine rings is 1. The van der Waals surface area contributed by atoms with Crippen LogP contribution in [0.3, 0.4) is 0 Å². The van der Waals surface area contributed by atoms with Crippen LogP contribution < -0.4 is 5.32 Å². The number of nitrogens with one attached hydrogen (secondary N) is 1. The average Bonchev–Trinajstić information content (AvgIpc) is 3.28. The largest absolute Gasteiger partial charge is 0.342 e. The number of carbonyl (C=O) groups excluding carboxylic acids is 2. The van der Waals surface area contributed by atoms with Gasteiger partial charge in [-0.25, -0.2) is 0 Å². The van der Waals surface area contributed by atoms with E-state index >= 15 is 0 Å². The van der Waals surface area contributed by atoms with Crippen LogP contribution in [0.25, 0.3) is 11.1 Å². The molecule has 0 saturated carbocycles. The Kier molecular flexibility index (Phi) is 6.18. The summed E-state index contributed by atoms with van der Waals surface area (Å²) in [6.07, 6.45) is 5.92. The van der Waals surface area contributed by atoms with E-state index in [4.69, 9.17) is 0 Å². The second-order valence-electron chi connectivity index (χ2n) is 9.97. The van der Waals surface area contributed by atoms with Crippen molar-refractivity contribution in [2.45, 2.75) is 51.7 Å². The smallest absolute Gasteiger partial charge is 0.246 e. The molecule has 1 saturated heterocycles. The van der Waals surface area contributed by atoms with Gasteiger partial charge in [-0.15, -0.1) is 0 Å². The Bertz CT molecular complexity index is 1150. The summed E-state index contributed by atoms with van der Waals surface area (Å²) >= 11 is 0. The molecule has 5 nitrogen and oxygen atoms in total. The van der Waals surface area contributed by atoms with Gasteiger partial charge in [-0.1, -0.05) is 68.4 Å². The van der Waals surface area contributed by atoms with Gasteiger partial charge in [-0.2, -0.15) is 0 Å². The molecular formula is C29H31N3O2. The number of aromatic nitrogens is 1. The second-order valence-corrected chi connectivity index (χ2v) is 9.97. The van der Waals surface area contributed by atoms with E-state index in [1.54, 1.807) is 6.20 Å². The highest BCUT2D eigenvalue weighted by Gasteiger charge is 2.45. The van der Waals surface area contributed by atoms with Gasteiger partial charge in [-0.05, 0) is 65.0 Å². The molecule has 174 valence electrons. The highest BCUT2D eigenvalue weighted by atomic mass is 16.2. The lowest BCUT2D eigenvalue weighted by molar-refractivity contribution is -0.152. The van der Waals surface area contributed by atoms with Gasteiger partial charge in [0.25, 0.3) is 0 Å².